The van der Waals surface area contributed by atoms with E-state index >= 15 is 0 Å². The van der Waals surface area contributed by atoms with E-state index in [1.807, 2.05) is 18.2 Å². The SMILES string of the molecule is c1ccc(-c2nc(-c3ccc(-c4ccc5c6ccc7c8ccccc8c(-c8ccccc8)nc7c6n(-c6ccccc6)c5c4)cc3)cc(-c3ccc4ccccc4c3)n2)cc1. The molecule has 12 aromatic rings. The first-order valence-electron chi connectivity index (χ1n) is 20.7. The minimum absolute atomic E-state index is 0.704. The molecule has 0 aliphatic heterocycles. The minimum Gasteiger partial charge on any atom is -0.307 e. The standard InChI is InChI=1S/C57H36N4/c1-4-15-40(16-5-1)54-48-23-13-12-22-46(48)49-32-33-50-47-31-30-43(35-53(47)61(56(50)55(49)60-54)45-20-8-3-9-21-45)38-24-27-39(28-25-38)51-36-52(59-57(58-51)41-17-6-2-7-18-41)44-29-26-37-14-10-11-19-42(37)34-44/h1-36H. The van der Waals surface area contributed by atoms with Gasteiger partial charge >= 0.3 is 0 Å². The molecule has 3 heterocycles. The Balaban J connectivity index is 1.01. The summed E-state index contributed by atoms with van der Waals surface area (Å²) in [5, 5.41) is 8.24. The van der Waals surface area contributed by atoms with Crippen molar-refractivity contribution in [3.8, 4) is 62.0 Å². The second-order valence-corrected chi connectivity index (χ2v) is 15.6. The highest BCUT2D eigenvalue weighted by Crippen LogP contribution is 2.41. The zero-order chi connectivity index (χ0) is 40.3. The number of fused-ring (bicyclic) bond motifs is 8. The monoisotopic (exact) mass is 776 g/mol. The molecule has 0 N–H and O–H groups in total. The highest BCUT2D eigenvalue weighted by Gasteiger charge is 2.20. The van der Waals surface area contributed by atoms with E-state index in [1.54, 1.807) is 0 Å². The number of nitrogens with zero attached hydrogens (tertiary/aromatic N) is 4. The van der Waals surface area contributed by atoms with Crippen molar-refractivity contribution in [3.63, 3.8) is 0 Å². The molecule has 61 heavy (non-hydrogen) atoms. The molecule has 0 amide bonds. The van der Waals surface area contributed by atoms with Crippen LogP contribution in [0.4, 0.5) is 0 Å². The van der Waals surface area contributed by atoms with Gasteiger partial charge in [-0.1, -0.05) is 188 Å². The van der Waals surface area contributed by atoms with Gasteiger partial charge in [0.15, 0.2) is 5.82 Å². The van der Waals surface area contributed by atoms with Crippen molar-refractivity contribution in [3.05, 3.63) is 218 Å². The van der Waals surface area contributed by atoms with Gasteiger partial charge in [-0.25, -0.2) is 15.0 Å². The molecular weight excluding hydrogens is 741 g/mol. The maximum absolute atomic E-state index is 5.54. The van der Waals surface area contributed by atoms with Crippen molar-refractivity contribution in [2.45, 2.75) is 0 Å². The molecular formula is C57H36N4. The summed E-state index contributed by atoms with van der Waals surface area (Å²) >= 11 is 0. The van der Waals surface area contributed by atoms with Crippen LogP contribution < -0.4 is 0 Å². The lowest BCUT2D eigenvalue weighted by Gasteiger charge is -2.13. The highest BCUT2D eigenvalue weighted by atomic mass is 15.0. The molecule has 0 radical (unpaired) electrons. The molecule has 0 atom stereocenters. The summed E-state index contributed by atoms with van der Waals surface area (Å²) in [4.78, 5) is 15.7. The number of rotatable bonds is 6. The zero-order valence-corrected chi connectivity index (χ0v) is 33.1. The van der Waals surface area contributed by atoms with E-state index in [9.17, 15) is 0 Å². The van der Waals surface area contributed by atoms with Crippen LogP contribution >= 0.6 is 0 Å². The molecule has 0 bridgehead atoms. The van der Waals surface area contributed by atoms with Gasteiger partial charge in [0, 0.05) is 49.5 Å². The second-order valence-electron chi connectivity index (χ2n) is 15.6. The molecule has 0 saturated heterocycles. The average Bonchev–Trinajstić information content (AvgIpc) is 3.68. The van der Waals surface area contributed by atoms with Crippen molar-refractivity contribution in [2.75, 3.05) is 0 Å². The molecule has 3 aromatic heterocycles. The van der Waals surface area contributed by atoms with Crippen molar-refractivity contribution in [1.29, 1.82) is 0 Å². The van der Waals surface area contributed by atoms with Crippen LogP contribution in [-0.4, -0.2) is 19.5 Å². The summed E-state index contributed by atoms with van der Waals surface area (Å²) < 4.78 is 2.40. The third kappa shape index (κ3) is 5.96. The van der Waals surface area contributed by atoms with Crippen molar-refractivity contribution in [1.82, 2.24) is 19.5 Å². The summed E-state index contributed by atoms with van der Waals surface area (Å²) in [6, 6.07) is 77.4. The first kappa shape index (κ1) is 34.8. The molecule has 0 fully saturated rings. The van der Waals surface area contributed by atoms with Gasteiger partial charge in [0.05, 0.1) is 33.6 Å². The van der Waals surface area contributed by atoms with Crippen LogP contribution in [-0.2, 0) is 0 Å². The Morgan fingerprint density at radius 3 is 1.66 bits per heavy atom. The number of hydrogen-bond donors (Lipinski definition) is 0. The zero-order valence-electron chi connectivity index (χ0n) is 33.1. The number of benzene rings is 9. The average molecular weight is 777 g/mol. The van der Waals surface area contributed by atoms with Crippen LogP contribution in [0, 0.1) is 0 Å². The molecule has 284 valence electrons. The van der Waals surface area contributed by atoms with Crippen LogP contribution in [0.1, 0.15) is 0 Å². The molecule has 0 aliphatic rings. The number of aromatic nitrogens is 4. The van der Waals surface area contributed by atoms with Crippen molar-refractivity contribution >= 4 is 54.3 Å². The van der Waals surface area contributed by atoms with E-state index in [0.29, 0.717) is 5.82 Å². The van der Waals surface area contributed by atoms with E-state index < -0.39 is 0 Å². The number of para-hydroxylation sites is 1. The van der Waals surface area contributed by atoms with Gasteiger partial charge in [-0.2, -0.15) is 0 Å². The van der Waals surface area contributed by atoms with Crippen LogP contribution in [0.15, 0.2) is 218 Å². The first-order chi connectivity index (χ1) is 30.2. The predicted molar refractivity (Wildman–Crippen MR) is 254 cm³/mol. The quantitative estimate of drug-likeness (QED) is 0.158. The molecule has 0 unspecified atom stereocenters. The minimum atomic E-state index is 0.704. The van der Waals surface area contributed by atoms with Crippen LogP contribution in [0.3, 0.4) is 0 Å². The third-order valence-corrected chi connectivity index (χ3v) is 12.0. The fourth-order valence-electron chi connectivity index (χ4n) is 9.00. The van der Waals surface area contributed by atoms with Gasteiger partial charge in [-0.3, -0.25) is 0 Å². The number of hydrogen-bond acceptors (Lipinski definition) is 3. The summed E-state index contributed by atoms with van der Waals surface area (Å²) in [6.45, 7) is 0. The summed E-state index contributed by atoms with van der Waals surface area (Å²) in [5.41, 5.74) is 13.5. The molecule has 9 aromatic carbocycles. The van der Waals surface area contributed by atoms with Gasteiger partial charge in [-0.15, -0.1) is 0 Å². The Labute approximate surface area is 352 Å². The lowest BCUT2D eigenvalue weighted by molar-refractivity contribution is 1.18. The topological polar surface area (TPSA) is 43.6 Å². The maximum atomic E-state index is 5.54. The predicted octanol–water partition coefficient (Wildman–Crippen LogP) is 14.8. The lowest BCUT2D eigenvalue weighted by Crippen LogP contribution is -1.97. The van der Waals surface area contributed by atoms with E-state index in [1.165, 1.54) is 26.9 Å². The Hall–Kier alpha value is -8.21. The molecule has 0 aliphatic carbocycles. The molecule has 4 nitrogen and oxygen atoms in total. The second kappa shape index (κ2) is 14.3. The summed E-state index contributed by atoms with van der Waals surface area (Å²) in [6.07, 6.45) is 0. The Morgan fingerprint density at radius 1 is 0.311 bits per heavy atom. The fourth-order valence-corrected chi connectivity index (χ4v) is 9.00. The molecule has 0 saturated carbocycles. The smallest absolute Gasteiger partial charge is 0.160 e. The fraction of sp³-hybridized carbons (Fsp3) is 0. The van der Waals surface area contributed by atoms with Crippen LogP contribution in [0.25, 0.3) is 116 Å². The first-order valence-corrected chi connectivity index (χ1v) is 20.7. The van der Waals surface area contributed by atoms with Gasteiger partial charge in [0.1, 0.15) is 0 Å². The Morgan fingerprint density at radius 2 is 0.885 bits per heavy atom. The van der Waals surface area contributed by atoms with E-state index in [0.717, 1.165) is 83.5 Å². The van der Waals surface area contributed by atoms with Crippen LogP contribution in [0.2, 0.25) is 0 Å². The summed E-state index contributed by atoms with van der Waals surface area (Å²) in [5.74, 6) is 0.704. The van der Waals surface area contributed by atoms with Crippen LogP contribution in [0.5, 0.6) is 0 Å². The molecule has 4 heteroatoms. The largest absolute Gasteiger partial charge is 0.307 e. The molecule has 0 spiro atoms. The summed E-state index contributed by atoms with van der Waals surface area (Å²) in [7, 11) is 0. The Bertz CT molecular complexity index is 3610. The molecule has 12 rings (SSSR count). The highest BCUT2D eigenvalue weighted by molar-refractivity contribution is 6.23. The Kier molecular flexibility index (Phi) is 8.13. The van der Waals surface area contributed by atoms with E-state index in [2.05, 4.69) is 205 Å². The normalized spacial score (nSPS) is 11.6. The van der Waals surface area contributed by atoms with E-state index in [-0.39, 0.29) is 0 Å². The van der Waals surface area contributed by atoms with Crippen molar-refractivity contribution in [2.24, 2.45) is 0 Å². The third-order valence-electron chi connectivity index (χ3n) is 12.0. The van der Waals surface area contributed by atoms with Gasteiger partial charge in [-0.05, 0) is 57.6 Å². The van der Waals surface area contributed by atoms with Gasteiger partial charge in [0.25, 0.3) is 0 Å². The lowest BCUT2D eigenvalue weighted by atomic mass is 9.98. The van der Waals surface area contributed by atoms with Gasteiger partial charge in [0.2, 0.25) is 0 Å². The number of pyridine rings is 1. The van der Waals surface area contributed by atoms with Crippen molar-refractivity contribution < 1.29 is 0 Å². The van der Waals surface area contributed by atoms with E-state index in [4.69, 9.17) is 15.0 Å². The van der Waals surface area contributed by atoms with Gasteiger partial charge < -0.3 is 4.57 Å². The maximum Gasteiger partial charge on any atom is 0.160 e.